The van der Waals surface area contributed by atoms with Gasteiger partial charge in [-0.2, -0.15) is 0 Å². The van der Waals surface area contributed by atoms with E-state index in [1.165, 1.54) is 0 Å². The van der Waals surface area contributed by atoms with E-state index in [-0.39, 0.29) is 0 Å². The van der Waals surface area contributed by atoms with Crippen LogP contribution in [0.2, 0.25) is 0 Å². The molecule has 0 aliphatic carbocycles. The van der Waals surface area contributed by atoms with Crippen molar-refractivity contribution >= 4 is 5.69 Å². The molecule has 0 atom stereocenters. The highest BCUT2D eigenvalue weighted by atomic mass is 16.3. The molecule has 1 rings (SSSR count). The highest BCUT2D eigenvalue weighted by molar-refractivity contribution is 5.57. The average molecular weight is 235 g/mol. The fourth-order valence-electron chi connectivity index (χ4n) is 1.75. The van der Waals surface area contributed by atoms with Gasteiger partial charge in [0.2, 0.25) is 0 Å². The Hall–Kier alpha value is -1.18. The molecular weight excluding hydrogens is 210 g/mol. The van der Waals surface area contributed by atoms with Crippen LogP contribution >= 0.6 is 0 Å². The maximum atomic E-state index is 9.93. The first-order valence-electron chi connectivity index (χ1n) is 6.55. The van der Waals surface area contributed by atoms with Gasteiger partial charge >= 0.3 is 0 Å². The average Bonchev–Trinajstić information content (AvgIpc) is 2.24. The maximum absolute atomic E-state index is 9.93. The Balaban J connectivity index is 2.76. The van der Waals surface area contributed by atoms with Crippen LogP contribution in [0.3, 0.4) is 0 Å². The van der Waals surface area contributed by atoms with Crippen molar-refractivity contribution in [1.29, 1.82) is 0 Å². The summed E-state index contributed by atoms with van der Waals surface area (Å²) in [4.78, 5) is 0. The second kappa shape index (κ2) is 6.53. The number of rotatable bonds is 6. The fourth-order valence-corrected chi connectivity index (χ4v) is 1.75. The van der Waals surface area contributed by atoms with Gasteiger partial charge in [-0.05, 0) is 36.8 Å². The Labute approximate surface area is 105 Å². The summed E-state index contributed by atoms with van der Waals surface area (Å²) in [6, 6.07) is 5.73. The summed E-state index contributed by atoms with van der Waals surface area (Å²) in [5, 5.41) is 13.3. The quantitative estimate of drug-likeness (QED) is 0.779. The summed E-state index contributed by atoms with van der Waals surface area (Å²) in [6.45, 7) is 9.73. The number of hydrogen-bond donors (Lipinski definition) is 2. The number of anilines is 1. The van der Waals surface area contributed by atoms with E-state index >= 15 is 0 Å². The van der Waals surface area contributed by atoms with E-state index in [2.05, 4.69) is 39.1 Å². The summed E-state index contributed by atoms with van der Waals surface area (Å²) < 4.78 is 0. The molecular formula is C15H25NO. The van der Waals surface area contributed by atoms with Crippen molar-refractivity contribution in [1.82, 2.24) is 0 Å². The zero-order valence-corrected chi connectivity index (χ0v) is 11.5. The molecule has 0 saturated heterocycles. The van der Waals surface area contributed by atoms with Crippen molar-refractivity contribution in [3.05, 3.63) is 23.8 Å². The SMILES string of the molecule is CC(C)CCc1c(O)cccc1NCC(C)C. The maximum Gasteiger partial charge on any atom is 0.120 e. The molecule has 2 heteroatoms. The van der Waals surface area contributed by atoms with E-state index in [9.17, 15) is 5.11 Å². The minimum atomic E-state index is 0.416. The Kier molecular flexibility index (Phi) is 5.33. The number of phenolic OH excluding ortho intramolecular Hbond substituents is 1. The normalized spacial score (nSPS) is 11.2. The third-order valence-electron chi connectivity index (χ3n) is 2.82. The molecule has 0 bridgehead atoms. The smallest absolute Gasteiger partial charge is 0.120 e. The van der Waals surface area contributed by atoms with Crippen molar-refractivity contribution in [2.45, 2.75) is 40.5 Å². The van der Waals surface area contributed by atoms with E-state index < -0.39 is 0 Å². The van der Waals surface area contributed by atoms with Gasteiger partial charge in [-0.3, -0.25) is 0 Å². The molecule has 0 aromatic heterocycles. The highest BCUT2D eigenvalue weighted by Crippen LogP contribution is 2.28. The molecule has 17 heavy (non-hydrogen) atoms. The van der Waals surface area contributed by atoms with Crippen molar-refractivity contribution < 1.29 is 5.11 Å². The monoisotopic (exact) mass is 235 g/mol. The van der Waals surface area contributed by atoms with Gasteiger partial charge < -0.3 is 10.4 Å². The molecule has 1 aromatic carbocycles. The molecule has 2 N–H and O–H groups in total. The molecule has 0 fully saturated rings. The van der Waals surface area contributed by atoms with E-state index in [0.29, 0.717) is 17.6 Å². The molecule has 0 aliphatic heterocycles. The molecule has 2 nitrogen and oxygen atoms in total. The lowest BCUT2D eigenvalue weighted by molar-refractivity contribution is 0.464. The molecule has 0 aliphatic rings. The molecule has 1 aromatic rings. The van der Waals surface area contributed by atoms with Gasteiger partial charge in [0.25, 0.3) is 0 Å². The van der Waals surface area contributed by atoms with Crippen molar-refractivity contribution in [3.8, 4) is 5.75 Å². The van der Waals surface area contributed by atoms with Crippen molar-refractivity contribution in [2.75, 3.05) is 11.9 Å². The fraction of sp³-hybridized carbons (Fsp3) is 0.600. The molecule has 0 unspecified atom stereocenters. The Morgan fingerprint density at radius 2 is 1.82 bits per heavy atom. The van der Waals surface area contributed by atoms with E-state index in [0.717, 1.165) is 30.6 Å². The molecule has 0 saturated carbocycles. The Morgan fingerprint density at radius 1 is 1.12 bits per heavy atom. The number of nitrogens with one attached hydrogen (secondary N) is 1. The van der Waals surface area contributed by atoms with Crippen LogP contribution in [0.5, 0.6) is 5.75 Å². The first-order valence-corrected chi connectivity index (χ1v) is 6.55. The van der Waals surface area contributed by atoms with Gasteiger partial charge in [0, 0.05) is 17.8 Å². The van der Waals surface area contributed by atoms with Gasteiger partial charge in [0.05, 0.1) is 0 Å². The Morgan fingerprint density at radius 3 is 2.41 bits per heavy atom. The third kappa shape index (κ3) is 4.68. The Bertz CT molecular complexity index is 345. The minimum absolute atomic E-state index is 0.416. The number of hydrogen-bond acceptors (Lipinski definition) is 2. The van der Waals surface area contributed by atoms with Crippen LogP contribution in [0.1, 0.15) is 39.7 Å². The molecule has 96 valence electrons. The van der Waals surface area contributed by atoms with Crippen LogP contribution in [0.15, 0.2) is 18.2 Å². The summed E-state index contributed by atoms with van der Waals surface area (Å²) in [6.07, 6.45) is 2.04. The second-order valence-electron chi connectivity index (χ2n) is 5.51. The molecule has 0 amide bonds. The largest absolute Gasteiger partial charge is 0.508 e. The predicted molar refractivity (Wildman–Crippen MR) is 74.6 cm³/mol. The summed E-state index contributed by atoms with van der Waals surface area (Å²) in [7, 11) is 0. The van der Waals surface area contributed by atoms with Crippen LogP contribution in [0.25, 0.3) is 0 Å². The lowest BCUT2D eigenvalue weighted by Gasteiger charge is -2.15. The van der Waals surface area contributed by atoms with Gasteiger partial charge in [-0.1, -0.05) is 33.8 Å². The van der Waals surface area contributed by atoms with Crippen LogP contribution in [0, 0.1) is 11.8 Å². The van der Waals surface area contributed by atoms with Gasteiger partial charge in [-0.15, -0.1) is 0 Å². The van der Waals surface area contributed by atoms with Crippen LogP contribution < -0.4 is 5.32 Å². The number of aromatic hydroxyl groups is 1. The standard InChI is InChI=1S/C15H25NO/c1-11(2)8-9-13-14(16-10-12(3)4)6-5-7-15(13)17/h5-7,11-12,16-17H,8-10H2,1-4H3. The summed E-state index contributed by atoms with van der Waals surface area (Å²) >= 11 is 0. The summed E-state index contributed by atoms with van der Waals surface area (Å²) in [5.41, 5.74) is 2.14. The zero-order valence-electron chi connectivity index (χ0n) is 11.5. The first kappa shape index (κ1) is 13.9. The first-order chi connectivity index (χ1) is 8.00. The van der Waals surface area contributed by atoms with Crippen molar-refractivity contribution in [2.24, 2.45) is 11.8 Å². The van der Waals surface area contributed by atoms with Gasteiger partial charge in [-0.25, -0.2) is 0 Å². The van der Waals surface area contributed by atoms with Gasteiger partial charge in [0.15, 0.2) is 0 Å². The topological polar surface area (TPSA) is 32.3 Å². The van der Waals surface area contributed by atoms with E-state index in [4.69, 9.17) is 0 Å². The number of benzene rings is 1. The minimum Gasteiger partial charge on any atom is -0.508 e. The lowest BCUT2D eigenvalue weighted by Crippen LogP contribution is -2.10. The van der Waals surface area contributed by atoms with E-state index in [1.54, 1.807) is 6.07 Å². The molecule has 0 radical (unpaired) electrons. The third-order valence-corrected chi connectivity index (χ3v) is 2.82. The van der Waals surface area contributed by atoms with E-state index in [1.807, 2.05) is 6.07 Å². The van der Waals surface area contributed by atoms with Gasteiger partial charge in [0.1, 0.15) is 5.75 Å². The lowest BCUT2D eigenvalue weighted by atomic mass is 10.00. The summed E-state index contributed by atoms with van der Waals surface area (Å²) in [5.74, 6) is 1.68. The van der Waals surface area contributed by atoms with Crippen molar-refractivity contribution in [3.63, 3.8) is 0 Å². The van der Waals surface area contributed by atoms with Crippen LogP contribution in [-0.4, -0.2) is 11.7 Å². The zero-order chi connectivity index (χ0) is 12.8. The number of phenols is 1. The van der Waals surface area contributed by atoms with Crippen LogP contribution in [-0.2, 0) is 6.42 Å². The predicted octanol–water partition coefficient (Wildman–Crippen LogP) is 4.05. The van der Waals surface area contributed by atoms with Crippen LogP contribution in [0.4, 0.5) is 5.69 Å². The molecule has 0 heterocycles. The molecule has 0 spiro atoms. The highest BCUT2D eigenvalue weighted by Gasteiger charge is 2.08. The second-order valence-corrected chi connectivity index (χ2v) is 5.51.